The molecule has 3 N–H and O–H groups in total. The lowest BCUT2D eigenvalue weighted by atomic mass is 10.3. The molecule has 1 aliphatic rings. The zero-order valence-corrected chi connectivity index (χ0v) is 25.8. The number of carboxylic acid groups (broad SMARTS) is 2. The molecule has 42 heavy (non-hydrogen) atoms. The Labute approximate surface area is 251 Å². The summed E-state index contributed by atoms with van der Waals surface area (Å²) in [5, 5.41) is 21.5. The highest BCUT2D eigenvalue weighted by atomic mass is 16.6. The fraction of sp³-hybridized carbons (Fsp3) is 0.893. The number of unbranched alkanes of at least 4 members (excludes halogenated alkanes) is 1. The van der Waals surface area contributed by atoms with E-state index in [0.29, 0.717) is 98.6 Å². The van der Waals surface area contributed by atoms with E-state index in [4.69, 9.17) is 18.9 Å². The van der Waals surface area contributed by atoms with Crippen LogP contribution in [0.15, 0.2) is 0 Å². The lowest BCUT2D eigenvalue weighted by Gasteiger charge is -2.33. The maximum absolute atomic E-state index is 12.6. The van der Waals surface area contributed by atoms with Crippen LogP contribution in [0.2, 0.25) is 0 Å². The number of nitrogens with zero attached hydrogens (tertiary/aromatic N) is 4. The zero-order chi connectivity index (χ0) is 30.8. The van der Waals surface area contributed by atoms with Crippen LogP contribution in [-0.2, 0) is 33.3 Å². The first kappa shape index (κ1) is 38.1. The highest BCUT2D eigenvalue weighted by molar-refractivity contribution is 5.78. The van der Waals surface area contributed by atoms with Gasteiger partial charge in [-0.15, -0.1) is 0 Å². The quantitative estimate of drug-likeness (QED) is 0.135. The van der Waals surface area contributed by atoms with E-state index in [1.54, 1.807) is 4.90 Å². The molecule has 14 heteroatoms. The van der Waals surface area contributed by atoms with Gasteiger partial charge in [0, 0.05) is 65.5 Å². The lowest BCUT2D eigenvalue weighted by molar-refractivity contribution is -0.140. The summed E-state index contributed by atoms with van der Waals surface area (Å²) in [5.74, 6) is -1.94. The van der Waals surface area contributed by atoms with Crippen molar-refractivity contribution in [2.24, 2.45) is 0 Å². The summed E-state index contributed by atoms with van der Waals surface area (Å²) in [6.45, 7) is 14.1. The summed E-state index contributed by atoms with van der Waals surface area (Å²) in [6, 6.07) is 0. The van der Waals surface area contributed by atoms with Crippen LogP contribution in [0.3, 0.4) is 0 Å². The summed E-state index contributed by atoms with van der Waals surface area (Å²) in [7, 11) is 0. The van der Waals surface area contributed by atoms with Crippen molar-refractivity contribution in [1.29, 1.82) is 0 Å². The SMILES string of the molecule is CCCCOCCOCCOCCOCCNC(=O)CN1CCN(CC)CCN(CC(=O)O)CCN(CC(=O)O)CC1. The van der Waals surface area contributed by atoms with E-state index in [0.717, 1.165) is 32.5 Å². The van der Waals surface area contributed by atoms with Gasteiger partial charge >= 0.3 is 11.9 Å². The number of aliphatic carboxylic acids is 2. The first-order valence-electron chi connectivity index (χ1n) is 15.2. The Balaban J connectivity index is 2.32. The van der Waals surface area contributed by atoms with Crippen LogP contribution in [0.25, 0.3) is 0 Å². The van der Waals surface area contributed by atoms with Crippen LogP contribution in [0.5, 0.6) is 0 Å². The van der Waals surface area contributed by atoms with Gasteiger partial charge in [0.1, 0.15) is 0 Å². The van der Waals surface area contributed by atoms with Crippen molar-refractivity contribution in [1.82, 2.24) is 24.9 Å². The van der Waals surface area contributed by atoms with E-state index in [1.165, 1.54) is 0 Å². The van der Waals surface area contributed by atoms with Gasteiger partial charge in [0.2, 0.25) is 5.91 Å². The molecule has 1 amide bonds. The van der Waals surface area contributed by atoms with Gasteiger partial charge in [0.25, 0.3) is 0 Å². The molecule has 0 saturated carbocycles. The Morgan fingerprint density at radius 2 is 0.952 bits per heavy atom. The maximum Gasteiger partial charge on any atom is 0.317 e. The summed E-state index contributed by atoms with van der Waals surface area (Å²) in [6.07, 6.45) is 2.19. The van der Waals surface area contributed by atoms with Gasteiger partial charge in [0.05, 0.1) is 65.9 Å². The maximum atomic E-state index is 12.6. The van der Waals surface area contributed by atoms with E-state index in [-0.39, 0.29) is 25.5 Å². The molecule has 1 heterocycles. The number of hydrogen-bond acceptors (Lipinski definition) is 11. The highest BCUT2D eigenvalue weighted by Gasteiger charge is 2.19. The average Bonchev–Trinajstić information content (AvgIpc) is 2.94. The first-order valence-corrected chi connectivity index (χ1v) is 15.2. The molecule has 1 rings (SSSR count). The Kier molecular flexibility index (Phi) is 23.2. The molecular formula is C28H55N5O9. The third kappa shape index (κ3) is 21.7. The minimum atomic E-state index is -0.935. The normalized spacial score (nSPS) is 17.0. The minimum Gasteiger partial charge on any atom is -0.480 e. The second-order valence-corrected chi connectivity index (χ2v) is 10.2. The molecule has 0 aromatic rings. The highest BCUT2D eigenvalue weighted by Crippen LogP contribution is 2.01. The van der Waals surface area contributed by atoms with E-state index in [1.807, 2.05) is 9.80 Å². The molecule has 0 atom stereocenters. The summed E-state index contributed by atoms with van der Waals surface area (Å²) in [5.41, 5.74) is 0. The minimum absolute atomic E-state index is 0.0774. The van der Waals surface area contributed by atoms with E-state index in [9.17, 15) is 24.6 Å². The molecule has 0 aromatic heterocycles. The number of carbonyl (C=O) groups excluding carboxylic acids is 1. The van der Waals surface area contributed by atoms with Crippen LogP contribution in [-0.4, -0.2) is 186 Å². The van der Waals surface area contributed by atoms with Crippen LogP contribution < -0.4 is 5.32 Å². The molecule has 0 unspecified atom stereocenters. The number of amides is 1. The van der Waals surface area contributed by atoms with Crippen LogP contribution in [0, 0.1) is 0 Å². The first-order chi connectivity index (χ1) is 20.3. The van der Waals surface area contributed by atoms with Crippen LogP contribution >= 0.6 is 0 Å². The Morgan fingerprint density at radius 1 is 0.571 bits per heavy atom. The number of nitrogens with one attached hydrogen (secondary N) is 1. The van der Waals surface area contributed by atoms with Gasteiger partial charge in [-0.1, -0.05) is 20.3 Å². The summed E-state index contributed by atoms with van der Waals surface area (Å²) in [4.78, 5) is 43.3. The van der Waals surface area contributed by atoms with E-state index in [2.05, 4.69) is 24.1 Å². The summed E-state index contributed by atoms with van der Waals surface area (Å²) >= 11 is 0. The molecule has 1 aliphatic heterocycles. The number of hydrogen-bond donors (Lipinski definition) is 3. The second kappa shape index (κ2) is 25.6. The second-order valence-electron chi connectivity index (χ2n) is 10.2. The third-order valence-electron chi connectivity index (χ3n) is 6.79. The Morgan fingerprint density at radius 3 is 1.36 bits per heavy atom. The predicted molar refractivity (Wildman–Crippen MR) is 158 cm³/mol. The number of ether oxygens (including phenoxy) is 4. The standard InChI is InChI=1S/C28H55N5O9/c1-3-5-15-39-17-19-41-21-22-42-20-18-40-16-6-29-26(34)23-31-9-7-30(4-2)8-10-32(24-27(35)36)13-14-33(12-11-31)25-28(37)38/h3-25H2,1-2H3,(H,29,34)(H,35,36)(H,37,38). The van der Waals surface area contributed by atoms with E-state index < -0.39 is 11.9 Å². The molecule has 1 saturated heterocycles. The molecule has 14 nitrogen and oxygen atoms in total. The predicted octanol–water partition coefficient (Wildman–Crippen LogP) is -0.620. The number of carbonyl (C=O) groups is 3. The molecule has 0 aromatic carbocycles. The fourth-order valence-corrected chi connectivity index (χ4v) is 4.28. The van der Waals surface area contributed by atoms with Crippen molar-refractivity contribution in [3.63, 3.8) is 0 Å². The van der Waals surface area contributed by atoms with Crippen molar-refractivity contribution in [2.75, 3.05) is 138 Å². The van der Waals surface area contributed by atoms with Gasteiger partial charge in [-0.25, -0.2) is 0 Å². The van der Waals surface area contributed by atoms with Gasteiger partial charge < -0.3 is 39.4 Å². The fourth-order valence-electron chi connectivity index (χ4n) is 4.28. The van der Waals surface area contributed by atoms with Crippen LogP contribution in [0.1, 0.15) is 26.7 Å². The number of likely N-dealkylation sites (N-methyl/N-ethyl adjacent to an activating group) is 1. The topological polar surface area (TPSA) is 154 Å². The Hall–Kier alpha value is -1.91. The van der Waals surface area contributed by atoms with Crippen molar-refractivity contribution < 1.29 is 43.5 Å². The van der Waals surface area contributed by atoms with Gasteiger partial charge in [-0.3, -0.25) is 29.1 Å². The monoisotopic (exact) mass is 605 g/mol. The Bertz CT molecular complexity index is 719. The molecule has 0 bridgehead atoms. The smallest absolute Gasteiger partial charge is 0.317 e. The molecule has 246 valence electrons. The van der Waals surface area contributed by atoms with Crippen molar-refractivity contribution in [3.05, 3.63) is 0 Å². The average molecular weight is 606 g/mol. The number of rotatable bonds is 22. The molecule has 1 fully saturated rings. The molecule has 0 radical (unpaired) electrons. The van der Waals surface area contributed by atoms with Gasteiger partial charge in [0.15, 0.2) is 0 Å². The van der Waals surface area contributed by atoms with Crippen molar-refractivity contribution in [2.45, 2.75) is 26.7 Å². The lowest BCUT2D eigenvalue weighted by Crippen LogP contribution is -2.49. The molecular weight excluding hydrogens is 550 g/mol. The van der Waals surface area contributed by atoms with Gasteiger partial charge in [-0.05, 0) is 13.0 Å². The zero-order valence-electron chi connectivity index (χ0n) is 25.8. The van der Waals surface area contributed by atoms with Crippen LogP contribution in [0.4, 0.5) is 0 Å². The molecule has 0 spiro atoms. The van der Waals surface area contributed by atoms with Gasteiger partial charge in [-0.2, -0.15) is 0 Å². The van der Waals surface area contributed by atoms with Crippen molar-refractivity contribution in [3.8, 4) is 0 Å². The third-order valence-corrected chi connectivity index (χ3v) is 6.79. The number of carboxylic acids is 2. The van der Waals surface area contributed by atoms with E-state index >= 15 is 0 Å². The van der Waals surface area contributed by atoms with Crippen molar-refractivity contribution >= 4 is 17.8 Å². The largest absolute Gasteiger partial charge is 0.480 e. The molecule has 0 aliphatic carbocycles. The summed E-state index contributed by atoms with van der Waals surface area (Å²) < 4.78 is 21.9.